The summed E-state index contributed by atoms with van der Waals surface area (Å²) >= 11 is 1.68. The van der Waals surface area contributed by atoms with E-state index in [2.05, 4.69) is 14.9 Å². The number of nitrogens with zero attached hydrogens (tertiary/aromatic N) is 3. The van der Waals surface area contributed by atoms with Crippen LogP contribution in [0.1, 0.15) is 23.4 Å². The number of halogens is 1. The minimum atomic E-state index is -0.425. The van der Waals surface area contributed by atoms with Gasteiger partial charge in [0.05, 0.1) is 23.9 Å². The Morgan fingerprint density at radius 3 is 3.12 bits per heavy atom. The van der Waals surface area contributed by atoms with Crippen molar-refractivity contribution >= 4 is 11.3 Å². The molecule has 1 aliphatic carbocycles. The maximum Gasteiger partial charge on any atom is 0.250 e. The topological polar surface area (TPSA) is 47.5 Å². The molecule has 2 aromatic heterocycles. The molecule has 0 spiro atoms. The number of aryl methyl sites for hydroxylation is 1. The molecule has 0 N–H and O–H groups in total. The van der Waals surface area contributed by atoms with Crippen LogP contribution in [-0.4, -0.2) is 46.3 Å². The molecule has 2 bridgehead atoms. The summed E-state index contributed by atoms with van der Waals surface area (Å²) in [5.41, 5.74) is 2.96. The minimum absolute atomic E-state index is 0.00367. The van der Waals surface area contributed by atoms with Crippen LogP contribution in [0.3, 0.4) is 0 Å². The molecule has 0 radical (unpaired) electrons. The number of hydrogen-bond acceptors (Lipinski definition) is 6. The van der Waals surface area contributed by atoms with Crippen molar-refractivity contribution in [1.29, 1.82) is 0 Å². The molecule has 128 valence electrons. The zero-order valence-corrected chi connectivity index (χ0v) is 14.3. The van der Waals surface area contributed by atoms with Gasteiger partial charge in [0.2, 0.25) is 0 Å². The van der Waals surface area contributed by atoms with E-state index in [9.17, 15) is 4.39 Å². The summed E-state index contributed by atoms with van der Waals surface area (Å²) in [6.45, 7) is 4.39. The maximum absolute atomic E-state index is 13.9. The smallest absolute Gasteiger partial charge is 0.250 e. The van der Waals surface area contributed by atoms with Crippen molar-refractivity contribution in [1.82, 2.24) is 14.9 Å². The fraction of sp³-hybridized carbons (Fsp3) is 0.529. The largest absolute Gasteiger partial charge is 0.468 e. The number of ether oxygens (including phenoxy) is 2. The van der Waals surface area contributed by atoms with E-state index in [0.29, 0.717) is 6.61 Å². The molecule has 0 amide bonds. The Hall–Kier alpha value is -1.57. The third kappa shape index (κ3) is 3.03. The van der Waals surface area contributed by atoms with Crippen LogP contribution in [0, 0.1) is 12.7 Å². The lowest BCUT2D eigenvalue weighted by atomic mass is 10.1. The van der Waals surface area contributed by atoms with Gasteiger partial charge < -0.3 is 9.47 Å². The van der Waals surface area contributed by atoms with Gasteiger partial charge in [-0.05, 0) is 31.9 Å². The second-order valence-electron chi connectivity index (χ2n) is 6.26. The van der Waals surface area contributed by atoms with Crippen molar-refractivity contribution in [2.24, 2.45) is 0 Å². The molecule has 24 heavy (non-hydrogen) atoms. The van der Waals surface area contributed by atoms with Crippen molar-refractivity contribution in [3.8, 4) is 5.88 Å². The average Bonchev–Trinajstić information content (AvgIpc) is 3.09. The van der Waals surface area contributed by atoms with Gasteiger partial charge in [-0.2, -0.15) is 0 Å². The van der Waals surface area contributed by atoms with E-state index >= 15 is 0 Å². The molecule has 1 saturated carbocycles. The highest BCUT2D eigenvalue weighted by molar-refractivity contribution is 7.09. The van der Waals surface area contributed by atoms with Gasteiger partial charge in [-0.25, -0.2) is 14.4 Å². The van der Waals surface area contributed by atoms with E-state index in [1.54, 1.807) is 23.6 Å². The SMILES string of the molecule is Cc1ncsc1CN1CCO[C@H]2CC[C@H]1[C@@H]2Oc1ncccc1F. The van der Waals surface area contributed by atoms with Gasteiger partial charge in [0.1, 0.15) is 6.10 Å². The van der Waals surface area contributed by atoms with E-state index in [1.807, 2.05) is 12.4 Å². The van der Waals surface area contributed by atoms with E-state index < -0.39 is 5.82 Å². The van der Waals surface area contributed by atoms with Crippen LogP contribution < -0.4 is 4.74 Å². The maximum atomic E-state index is 13.9. The lowest BCUT2D eigenvalue weighted by Crippen LogP contribution is -2.44. The van der Waals surface area contributed by atoms with E-state index in [-0.39, 0.29) is 24.1 Å². The lowest BCUT2D eigenvalue weighted by molar-refractivity contribution is 0.000146. The predicted octanol–water partition coefficient (Wildman–Crippen LogP) is 2.80. The fourth-order valence-electron chi connectivity index (χ4n) is 3.57. The van der Waals surface area contributed by atoms with Gasteiger partial charge in [-0.3, -0.25) is 4.90 Å². The minimum Gasteiger partial charge on any atom is -0.468 e. The summed E-state index contributed by atoms with van der Waals surface area (Å²) in [5.74, 6) is -0.357. The molecule has 1 saturated heterocycles. The van der Waals surface area contributed by atoms with Gasteiger partial charge in [-0.15, -0.1) is 11.3 Å². The van der Waals surface area contributed by atoms with E-state index in [4.69, 9.17) is 9.47 Å². The highest BCUT2D eigenvalue weighted by atomic mass is 32.1. The second kappa shape index (κ2) is 6.74. The Kier molecular flexibility index (Phi) is 4.47. The summed E-state index contributed by atoms with van der Waals surface area (Å²) in [6.07, 6.45) is 3.29. The average molecular weight is 349 g/mol. The van der Waals surface area contributed by atoms with Crippen LogP contribution in [0.2, 0.25) is 0 Å². The third-order valence-electron chi connectivity index (χ3n) is 4.84. The summed E-state index contributed by atoms with van der Waals surface area (Å²) in [5, 5.41) is 0. The number of fused-ring (bicyclic) bond motifs is 2. The predicted molar refractivity (Wildman–Crippen MR) is 88.6 cm³/mol. The molecular formula is C17H20FN3O2S. The first kappa shape index (κ1) is 15.9. The first-order chi connectivity index (χ1) is 11.7. The van der Waals surface area contributed by atoms with E-state index in [0.717, 1.165) is 31.6 Å². The van der Waals surface area contributed by atoms with Crippen molar-refractivity contribution < 1.29 is 13.9 Å². The summed E-state index contributed by atoms with van der Waals surface area (Å²) in [7, 11) is 0. The molecule has 2 aromatic rings. The van der Waals surface area contributed by atoms with Crippen LogP contribution >= 0.6 is 11.3 Å². The summed E-state index contributed by atoms with van der Waals surface area (Å²) < 4.78 is 25.9. The molecular weight excluding hydrogens is 329 g/mol. The number of pyridine rings is 1. The van der Waals surface area contributed by atoms with Crippen LogP contribution in [0.15, 0.2) is 23.8 Å². The standard InChI is InChI=1S/C17H20FN3O2S/c1-11-15(24-10-20-11)9-21-7-8-22-14-5-4-13(21)16(14)23-17-12(18)3-2-6-19-17/h2-3,6,10,13-14,16H,4-5,7-9H2,1H3/t13-,14-,16-/m0/s1. The molecule has 3 atom stereocenters. The van der Waals surface area contributed by atoms with Gasteiger partial charge >= 0.3 is 0 Å². The van der Waals surface area contributed by atoms with Gasteiger partial charge in [0.25, 0.3) is 5.88 Å². The molecule has 0 aromatic carbocycles. The summed E-state index contributed by atoms with van der Waals surface area (Å²) in [4.78, 5) is 12.0. The van der Waals surface area contributed by atoms with Crippen LogP contribution in [0.4, 0.5) is 4.39 Å². The highest BCUT2D eigenvalue weighted by Crippen LogP contribution is 2.34. The first-order valence-corrected chi connectivity index (χ1v) is 9.12. The summed E-state index contributed by atoms with van der Waals surface area (Å²) in [6, 6.07) is 3.15. The van der Waals surface area contributed by atoms with Gasteiger partial charge in [0, 0.05) is 30.2 Å². The molecule has 2 aliphatic rings. The van der Waals surface area contributed by atoms with Crippen molar-refractivity contribution in [3.05, 3.63) is 40.2 Å². The van der Waals surface area contributed by atoms with Gasteiger partial charge in [-0.1, -0.05) is 0 Å². The van der Waals surface area contributed by atoms with Crippen molar-refractivity contribution in [2.45, 2.75) is 44.6 Å². The quantitative estimate of drug-likeness (QED) is 0.849. The molecule has 7 heteroatoms. The Morgan fingerprint density at radius 2 is 2.33 bits per heavy atom. The fourth-order valence-corrected chi connectivity index (χ4v) is 4.37. The Labute approximate surface area is 144 Å². The molecule has 0 unspecified atom stereocenters. The van der Waals surface area contributed by atoms with E-state index in [1.165, 1.54) is 10.9 Å². The van der Waals surface area contributed by atoms with Gasteiger partial charge in [0.15, 0.2) is 5.82 Å². The first-order valence-electron chi connectivity index (χ1n) is 8.24. The monoisotopic (exact) mass is 349 g/mol. The van der Waals surface area contributed by atoms with Crippen LogP contribution in [0.5, 0.6) is 5.88 Å². The number of hydrogen-bond donors (Lipinski definition) is 0. The molecule has 1 aliphatic heterocycles. The number of thiazole rings is 1. The van der Waals surface area contributed by atoms with Crippen molar-refractivity contribution in [2.75, 3.05) is 13.2 Å². The zero-order chi connectivity index (χ0) is 16.5. The second-order valence-corrected chi connectivity index (χ2v) is 7.20. The highest BCUT2D eigenvalue weighted by Gasteiger charge is 2.44. The van der Waals surface area contributed by atoms with Crippen LogP contribution in [0.25, 0.3) is 0 Å². The molecule has 2 fully saturated rings. The lowest BCUT2D eigenvalue weighted by Gasteiger charge is -2.30. The Bertz CT molecular complexity index is 711. The molecule has 4 rings (SSSR count). The Morgan fingerprint density at radius 1 is 1.42 bits per heavy atom. The molecule has 3 heterocycles. The Balaban J connectivity index is 1.55. The normalized spacial score (nSPS) is 27.2. The molecule has 5 nitrogen and oxygen atoms in total. The number of aromatic nitrogens is 2. The van der Waals surface area contributed by atoms with Crippen molar-refractivity contribution in [3.63, 3.8) is 0 Å². The zero-order valence-electron chi connectivity index (χ0n) is 13.5. The third-order valence-corrected chi connectivity index (χ3v) is 5.76. The van der Waals surface area contributed by atoms with Crippen LogP contribution in [-0.2, 0) is 11.3 Å². The number of rotatable bonds is 4.